The maximum atomic E-state index is 6.11. The Morgan fingerprint density at radius 1 is 1.41 bits per heavy atom. The van der Waals surface area contributed by atoms with Crippen molar-refractivity contribution in [3.8, 4) is 0 Å². The Balaban J connectivity index is 1.75. The molecule has 3 rings (SSSR count). The predicted octanol–water partition coefficient (Wildman–Crippen LogP) is 4.56. The number of nitrogens with one attached hydrogen (secondary N) is 1. The zero-order chi connectivity index (χ0) is 12.0. The highest BCUT2D eigenvalue weighted by Gasteiger charge is 2.37. The fourth-order valence-electron chi connectivity index (χ4n) is 3.38. The third-order valence-corrected chi connectivity index (χ3v) is 5.85. The molecule has 0 aromatic carbocycles. The maximum absolute atomic E-state index is 6.11. The van der Waals surface area contributed by atoms with Gasteiger partial charge < -0.3 is 5.32 Å². The first-order chi connectivity index (χ1) is 8.06. The molecule has 2 unspecified atom stereocenters. The largest absolute Gasteiger partial charge is 0.307 e. The Morgan fingerprint density at radius 2 is 2.24 bits per heavy atom. The number of hydrogen-bond acceptors (Lipinski definition) is 2. The highest BCUT2D eigenvalue weighted by atomic mass is 35.5. The lowest BCUT2D eigenvalue weighted by Crippen LogP contribution is -2.39. The van der Waals surface area contributed by atoms with Crippen LogP contribution in [0.25, 0.3) is 0 Å². The standard InChI is InChI=1S/C14H20ClNS/c1-14(2)7-3-4-12(14)16-10-5-6-11-9(10)8-13(15)17-11/h8,10,12,16H,3-7H2,1-2H3. The van der Waals surface area contributed by atoms with Gasteiger partial charge in [-0.3, -0.25) is 0 Å². The first-order valence-corrected chi connectivity index (χ1v) is 7.80. The average molecular weight is 270 g/mol. The van der Waals surface area contributed by atoms with Crippen LogP contribution < -0.4 is 5.32 Å². The molecule has 0 radical (unpaired) electrons. The van der Waals surface area contributed by atoms with Gasteiger partial charge in [-0.1, -0.05) is 31.9 Å². The number of rotatable bonds is 2. The van der Waals surface area contributed by atoms with Crippen molar-refractivity contribution >= 4 is 22.9 Å². The summed E-state index contributed by atoms with van der Waals surface area (Å²) in [6, 6.07) is 3.40. The van der Waals surface area contributed by atoms with E-state index < -0.39 is 0 Å². The summed E-state index contributed by atoms with van der Waals surface area (Å²) in [7, 11) is 0. The minimum atomic E-state index is 0.461. The molecule has 2 aliphatic rings. The van der Waals surface area contributed by atoms with E-state index in [0.29, 0.717) is 17.5 Å². The minimum Gasteiger partial charge on any atom is -0.307 e. The molecule has 1 N–H and O–H groups in total. The number of fused-ring (bicyclic) bond motifs is 1. The first-order valence-electron chi connectivity index (χ1n) is 6.60. The molecular weight excluding hydrogens is 250 g/mol. The minimum absolute atomic E-state index is 0.461. The van der Waals surface area contributed by atoms with Crippen LogP contribution in [0.4, 0.5) is 0 Å². The summed E-state index contributed by atoms with van der Waals surface area (Å²) in [6.45, 7) is 4.79. The second kappa shape index (κ2) is 4.25. The van der Waals surface area contributed by atoms with Gasteiger partial charge in [-0.15, -0.1) is 11.3 Å². The molecule has 1 nitrogen and oxygen atoms in total. The summed E-state index contributed by atoms with van der Waals surface area (Å²) in [5, 5.41) is 3.89. The quantitative estimate of drug-likeness (QED) is 0.830. The van der Waals surface area contributed by atoms with Crippen molar-refractivity contribution in [2.24, 2.45) is 5.41 Å². The molecule has 1 fully saturated rings. The van der Waals surface area contributed by atoms with Crippen molar-refractivity contribution in [1.82, 2.24) is 5.32 Å². The van der Waals surface area contributed by atoms with E-state index in [-0.39, 0.29) is 0 Å². The van der Waals surface area contributed by atoms with Gasteiger partial charge in [-0.2, -0.15) is 0 Å². The van der Waals surface area contributed by atoms with Crippen LogP contribution in [0.15, 0.2) is 6.07 Å². The molecule has 0 bridgehead atoms. The number of hydrogen-bond donors (Lipinski definition) is 1. The van der Waals surface area contributed by atoms with Gasteiger partial charge in [0.2, 0.25) is 0 Å². The van der Waals surface area contributed by atoms with Crippen LogP contribution >= 0.6 is 22.9 Å². The monoisotopic (exact) mass is 269 g/mol. The van der Waals surface area contributed by atoms with Gasteiger partial charge in [-0.25, -0.2) is 0 Å². The van der Waals surface area contributed by atoms with E-state index in [1.54, 1.807) is 11.3 Å². The Kier molecular flexibility index (Phi) is 3.00. The summed E-state index contributed by atoms with van der Waals surface area (Å²) in [4.78, 5) is 1.50. The van der Waals surface area contributed by atoms with Crippen LogP contribution in [0, 0.1) is 5.41 Å². The highest BCUT2D eigenvalue weighted by molar-refractivity contribution is 7.16. The van der Waals surface area contributed by atoms with Gasteiger partial charge >= 0.3 is 0 Å². The maximum Gasteiger partial charge on any atom is 0.0934 e. The lowest BCUT2D eigenvalue weighted by Gasteiger charge is -2.31. The molecule has 2 atom stereocenters. The van der Waals surface area contributed by atoms with E-state index in [1.165, 1.54) is 42.5 Å². The summed E-state index contributed by atoms with van der Waals surface area (Å²) >= 11 is 7.87. The molecule has 2 aliphatic carbocycles. The van der Waals surface area contributed by atoms with Crippen molar-refractivity contribution in [2.75, 3.05) is 0 Å². The zero-order valence-corrected chi connectivity index (χ0v) is 12.1. The third kappa shape index (κ3) is 2.16. The van der Waals surface area contributed by atoms with Crippen molar-refractivity contribution in [3.63, 3.8) is 0 Å². The van der Waals surface area contributed by atoms with Gasteiger partial charge in [0, 0.05) is 17.0 Å². The van der Waals surface area contributed by atoms with E-state index in [1.807, 2.05) is 0 Å². The van der Waals surface area contributed by atoms with E-state index in [4.69, 9.17) is 11.6 Å². The topological polar surface area (TPSA) is 12.0 Å². The zero-order valence-electron chi connectivity index (χ0n) is 10.6. The second-order valence-electron chi connectivity index (χ2n) is 6.12. The third-order valence-electron chi connectivity index (χ3n) is 4.51. The summed E-state index contributed by atoms with van der Waals surface area (Å²) in [5.74, 6) is 0. The SMILES string of the molecule is CC1(C)CCCC1NC1CCc2sc(Cl)cc21. The number of thiophene rings is 1. The van der Waals surface area contributed by atoms with Gasteiger partial charge in [0.25, 0.3) is 0 Å². The molecule has 1 aromatic heterocycles. The smallest absolute Gasteiger partial charge is 0.0934 e. The van der Waals surface area contributed by atoms with Gasteiger partial charge in [-0.05, 0) is 42.7 Å². The molecule has 1 aromatic rings. The molecule has 0 spiro atoms. The normalized spacial score (nSPS) is 30.8. The Bertz CT molecular complexity index is 424. The Hall–Kier alpha value is -0.0500. The summed E-state index contributed by atoms with van der Waals surface area (Å²) < 4.78 is 0.951. The van der Waals surface area contributed by atoms with Gasteiger partial charge in [0.1, 0.15) is 0 Å². The first kappa shape index (κ1) is 12.0. The Morgan fingerprint density at radius 3 is 2.94 bits per heavy atom. The molecule has 0 saturated heterocycles. The van der Waals surface area contributed by atoms with E-state index in [9.17, 15) is 0 Å². The molecule has 3 heteroatoms. The number of aryl methyl sites for hydroxylation is 1. The molecule has 17 heavy (non-hydrogen) atoms. The fraction of sp³-hybridized carbons (Fsp3) is 0.714. The number of halogens is 1. The second-order valence-corrected chi connectivity index (χ2v) is 7.89. The lowest BCUT2D eigenvalue weighted by atomic mass is 9.87. The molecule has 0 aliphatic heterocycles. The van der Waals surface area contributed by atoms with E-state index in [0.717, 1.165) is 4.34 Å². The molecule has 94 valence electrons. The van der Waals surface area contributed by atoms with Gasteiger partial charge in [0.05, 0.1) is 4.34 Å². The average Bonchev–Trinajstić information content (AvgIpc) is 2.85. The van der Waals surface area contributed by atoms with Gasteiger partial charge in [0.15, 0.2) is 0 Å². The summed E-state index contributed by atoms with van der Waals surface area (Å²) in [5.41, 5.74) is 1.94. The highest BCUT2D eigenvalue weighted by Crippen LogP contribution is 2.43. The van der Waals surface area contributed by atoms with Crippen molar-refractivity contribution in [1.29, 1.82) is 0 Å². The lowest BCUT2D eigenvalue weighted by molar-refractivity contribution is 0.261. The van der Waals surface area contributed by atoms with E-state index in [2.05, 4.69) is 25.2 Å². The van der Waals surface area contributed by atoms with Crippen molar-refractivity contribution < 1.29 is 0 Å². The van der Waals surface area contributed by atoms with Crippen LogP contribution in [-0.4, -0.2) is 6.04 Å². The molecular formula is C14H20ClNS. The van der Waals surface area contributed by atoms with Crippen molar-refractivity contribution in [3.05, 3.63) is 20.8 Å². The molecule has 1 heterocycles. The predicted molar refractivity (Wildman–Crippen MR) is 74.9 cm³/mol. The fourth-order valence-corrected chi connectivity index (χ4v) is 4.74. The Labute approximate surface area is 113 Å². The van der Waals surface area contributed by atoms with Crippen molar-refractivity contribution in [2.45, 2.75) is 58.0 Å². The molecule has 1 saturated carbocycles. The molecule has 0 amide bonds. The van der Waals surface area contributed by atoms with Crippen LogP contribution in [0.1, 0.15) is 56.0 Å². The summed E-state index contributed by atoms with van der Waals surface area (Å²) in [6.07, 6.45) is 6.52. The van der Waals surface area contributed by atoms with E-state index >= 15 is 0 Å². The van der Waals surface area contributed by atoms with Crippen LogP contribution in [0.2, 0.25) is 4.34 Å². The van der Waals surface area contributed by atoms with Crippen LogP contribution in [0.5, 0.6) is 0 Å². The van der Waals surface area contributed by atoms with Crippen LogP contribution in [-0.2, 0) is 6.42 Å². The van der Waals surface area contributed by atoms with Crippen LogP contribution in [0.3, 0.4) is 0 Å².